The lowest BCUT2D eigenvalue weighted by molar-refractivity contribution is -0.102. The van der Waals surface area contributed by atoms with Crippen molar-refractivity contribution in [3.8, 4) is 0 Å². The third-order valence-corrected chi connectivity index (χ3v) is 5.57. The van der Waals surface area contributed by atoms with Gasteiger partial charge in [-0.15, -0.1) is 0 Å². The lowest BCUT2D eigenvalue weighted by Crippen LogP contribution is -2.56. The predicted octanol–water partition coefficient (Wildman–Crippen LogP) is 3.63. The van der Waals surface area contributed by atoms with E-state index in [0.29, 0.717) is 30.6 Å². The number of halogens is 1. The minimum absolute atomic E-state index is 0.327. The zero-order valence-corrected chi connectivity index (χ0v) is 13.7. The van der Waals surface area contributed by atoms with Crippen LogP contribution in [-0.2, 0) is 12.1 Å². The largest absolute Gasteiger partial charge is 0.383 e. The van der Waals surface area contributed by atoms with Gasteiger partial charge in [-0.2, -0.15) is 0 Å². The van der Waals surface area contributed by atoms with Crippen LogP contribution in [0.4, 0.5) is 4.39 Å². The van der Waals surface area contributed by atoms with Crippen LogP contribution in [0.2, 0.25) is 0 Å². The van der Waals surface area contributed by atoms with E-state index in [1.54, 1.807) is 0 Å². The zero-order valence-electron chi connectivity index (χ0n) is 13.7. The number of fused-ring (bicyclic) bond motifs is 2. The summed E-state index contributed by atoms with van der Waals surface area (Å²) in [5.74, 6) is -0.328. The Kier molecular flexibility index (Phi) is 4.10. The molecule has 1 N–H and O–H groups in total. The van der Waals surface area contributed by atoms with E-state index in [9.17, 15) is 9.50 Å². The molecule has 24 heavy (non-hydrogen) atoms. The maximum atomic E-state index is 13.6. The van der Waals surface area contributed by atoms with E-state index >= 15 is 0 Å². The molecule has 126 valence electrons. The van der Waals surface area contributed by atoms with E-state index in [1.165, 1.54) is 30.3 Å². The van der Waals surface area contributed by atoms with Crippen LogP contribution in [0.15, 0.2) is 48.7 Å². The molecule has 2 fully saturated rings. The highest BCUT2D eigenvalue weighted by Crippen LogP contribution is 2.44. The molecule has 0 aliphatic carbocycles. The van der Waals surface area contributed by atoms with Crippen molar-refractivity contribution in [3.63, 3.8) is 0 Å². The van der Waals surface area contributed by atoms with Crippen molar-refractivity contribution in [2.24, 2.45) is 0 Å². The minimum atomic E-state index is -1.01. The number of benzene rings is 1. The van der Waals surface area contributed by atoms with E-state index in [2.05, 4.69) is 34.1 Å². The molecule has 2 unspecified atom stereocenters. The van der Waals surface area contributed by atoms with Crippen molar-refractivity contribution in [1.29, 1.82) is 0 Å². The second-order valence-corrected chi connectivity index (χ2v) is 7.20. The molecule has 3 nitrogen and oxygen atoms in total. The first-order valence-electron chi connectivity index (χ1n) is 8.78. The van der Waals surface area contributed by atoms with Gasteiger partial charge >= 0.3 is 0 Å². The van der Waals surface area contributed by atoms with Crippen LogP contribution in [0.25, 0.3) is 0 Å². The third kappa shape index (κ3) is 2.96. The Hall–Kier alpha value is -1.78. The van der Waals surface area contributed by atoms with Crippen molar-refractivity contribution in [1.82, 2.24) is 9.88 Å². The number of rotatable bonds is 3. The van der Waals surface area contributed by atoms with Gasteiger partial charge in [0, 0.05) is 24.8 Å². The van der Waals surface area contributed by atoms with Crippen LogP contribution in [0.3, 0.4) is 0 Å². The van der Waals surface area contributed by atoms with E-state index in [0.717, 1.165) is 19.4 Å². The Morgan fingerprint density at radius 1 is 1.12 bits per heavy atom. The summed E-state index contributed by atoms with van der Waals surface area (Å²) < 4.78 is 13.6. The van der Waals surface area contributed by atoms with Crippen LogP contribution in [0.1, 0.15) is 43.4 Å². The first-order valence-corrected chi connectivity index (χ1v) is 8.78. The molecule has 2 aliphatic heterocycles. The van der Waals surface area contributed by atoms with Gasteiger partial charge in [-0.05, 0) is 43.4 Å². The Labute approximate surface area is 142 Å². The maximum Gasteiger partial charge on any atom is 0.126 e. The first kappa shape index (κ1) is 15.7. The summed E-state index contributed by atoms with van der Waals surface area (Å²) in [6.45, 7) is 0.919. The number of pyridine rings is 1. The number of hydrogen-bond acceptors (Lipinski definition) is 3. The predicted molar refractivity (Wildman–Crippen MR) is 90.7 cm³/mol. The van der Waals surface area contributed by atoms with Gasteiger partial charge in [-0.1, -0.05) is 36.8 Å². The average Bonchev–Trinajstić information content (AvgIpc) is 2.57. The van der Waals surface area contributed by atoms with E-state index in [1.807, 2.05) is 6.07 Å². The van der Waals surface area contributed by atoms with Crippen molar-refractivity contribution < 1.29 is 9.50 Å². The van der Waals surface area contributed by atoms with Gasteiger partial charge in [-0.3, -0.25) is 9.88 Å². The van der Waals surface area contributed by atoms with Crippen molar-refractivity contribution in [2.75, 3.05) is 0 Å². The van der Waals surface area contributed by atoms with Crippen LogP contribution < -0.4 is 0 Å². The Balaban J connectivity index is 1.58. The van der Waals surface area contributed by atoms with Gasteiger partial charge in [0.2, 0.25) is 0 Å². The molecule has 0 saturated carbocycles. The molecule has 2 saturated heterocycles. The molecular weight excluding hydrogens is 303 g/mol. The smallest absolute Gasteiger partial charge is 0.126 e. The first-order chi connectivity index (χ1) is 11.6. The summed E-state index contributed by atoms with van der Waals surface area (Å²) in [5.41, 5.74) is 0.785. The second-order valence-electron chi connectivity index (χ2n) is 7.20. The minimum Gasteiger partial charge on any atom is -0.383 e. The Morgan fingerprint density at radius 2 is 1.83 bits per heavy atom. The molecule has 0 radical (unpaired) electrons. The van der Waals surface area contributed by atoms with Crippen LogP contribution in [0, 0.1) is 5.82 Å². The molecular formula is C20H23FN2O. The zero-order chi connectivity index (χ0) is 16.6. The van der Waals surface area contributed by atoms with Crippen LogP contribution in [-0.4, -0.2) is 27.1 Å². The number of nitrogens with zero attached hydrogens (tertiary/aromatic N) is 2. The van der Waals surface area contributed by atoms with Gasteiger partial charge < -0.3 is 5.11 Å². The number of hydrogen-bond donors (Lipinski definition) is 1. The van der Waals surface area contributed by atoms with Crippen molar-refractivity contribution >= 4 is 0 Å². The molecule has 1 aromatic heterocycles. The summed E-state index contributed by atoms with van der Waals surface area (Å²) in [6, 6.07) is 13.9. The van der Waals surface area contributed by atoms with E-state index < -0.39 is 5.60 Å². The van der Waals surface area contributed by atoms with Crippen LogP contribution in [0.5, 0.6) is 0 Å². The standard InChI is InChI=1S/C20H23FN2O/c21-16-9-10-22-19(11-16)20(24)12-17-7-4-8-18(13-20)23(17)14-15-5-2-1-3-6-15/h1-3,5-6,9-11,17-18,24H,4,7-8,12-14H2. The molecule has 2 aromatic rings. The summed E-state index contributed by atoms with van der Waals surface area (Å²) in [7, 11) is 0. The number of aliphatic hydroxyl groups is 1. The van der Waals surface area contributed by atoms with Gasteiger partial charge in [0.25, 0.3) is 0 Å². The summed E-state index contributed by atoms with van der Waals surface area (Å²) >= 11 is 0. The van der Waals surface area contributed by atoms with E-state index in [-0.39, 0.29) is 5.82 Å². The molecule has 2 aliphatic rings. The van der Waals surface area contributed by atoms with Gasteiger partial charge in [0.1, 0.15) is 11.4 Å². The third-order valence-electron chi connectivity index (χ3n) is 5.57. The fourth-order valence-electron chi connectivity index (χ4n) is 4.44. The summed E-state index contributed by atoms with van der Waals surface area (Å²) in [4.78, 5) is 6.80. The fourth-order valence-corrected chi connectivity index (χ4v) is 4.44. The maximum absolute atomic E-state index is 13.6. The summed E-state index contributed by atoms with van der Waals surface area (Å²) in [5, 5.41) is 11.2. The Morgan fingerprint density at radius 3 is 2.50 bits per heavy atom. The summed E-state index contributed by atoms with van der Waals surface area (Å²) in [6.07, 6.45) is 6.09. The van der Waals surface area contributed by atoms with E-state index in [4.69, 9.17) is 0 Å². The lowest BCUT2D eigenvalue weighted by atomic mass is 9.74. The van der Waals surface area contributed by atoms with Crippen LogP contribution >= 0.6 is 0 Å². The van der Waals surface area contributed by atoms with Crippen molar-refractivity contribution in [3.05, 3.63) is 65.7 Å². The SMILES string of the molecule is OC1(c2cc(F)ccn2)CC2CCCC(C1)N2Cc1ccccc1. The quantitative estimate of drug-likeness (QED) is 0.936. The molecule has 4 rings (SSSR count). The topological polar surface area (TPSA) is 36.4 Å². The molecule has 2 atom stereocenters. The molecule has 3 heterocycles. The van der Waals surface area contributed by atoms with Gasteiger partial charge in [0.05, 0.1) is 5.69 Å². The highest BCUT2D eigenvalue weighted by atomic mass is 19.1. The highest BCUT2D eigenvalue weighted by Gasteiger charge is 2.47. The molecule has 4 heteroatoms. The normalized spacial score (nSPS) is 30.2. The second kappa shape index (κ2) is 6.26. The lowest BCUT2D eigenvalue weighted by Gasteiger charge is -2.52. The average molecular weight is 326 g/mol. The van der Waals surface area contributed by atoms with Gasteiger partial charge in [-0.25, -0.2) is 4.39 Å². The van der Waals surface area contributed by atoms with Gasteiger partial charge in [0.15, 0.2) is 0 Å². The highest BCUT2D eigenvalue weighted by molar-refractivity contribution is 5.20. The number of aromatic nitrogens is 1. The Bertz CT molecular complexity index is 692. The monoisotopic (exact) mass is 326 g/mol. The molecule has 1 aromatic carbocycles. The molecule has 2 bridgehead atoms. The molecule has 0 amide bonds. The number of piperidine rings is 2. The fraction of sp³-hybridized carbons (Fsp3) is 0.450. The molecule has 0 spiro atoms. The van der Waals surface area contributed by atoms with Crippen molar-refractivity contribution in [2.45, 2.75) is 56.3 Å².